The molecule has 2 aromatic rings. The molecule has 1 amide bonds. The van der Waals surface area contributed by atoms with E-state index in [9.17, 15) is 4.79 Å². The van der Waals surface area contributed by atoms with Crippen LogP contribution in [0.3, 0.4) is 0 Å². The van der Waals surface area contributed by atoms with Gasteiger partial charge in [-0.05, 0) is 30.3 Å². The molecule has 0 fully saturated rings. The van der Waals surface area contributed by atoms with Gasteiger partial charge < -0.3 is 4.74 Å². The van der Waals surface area contributed by atoms with Crippen LogP contribution < -0.4 is 10.2 Å². The molecule has 0 aliphatic rings. The average Bonchev–Trinajstić information content (AvgIpc) is 2.46. The number of para-hydroxylation sites is 1. The number of benzene rings is 2. The average molecular weight is 290 g/mol. The number of carbonyl (C=O) groups excluding carboxylic acids is 1. The Bertz CT molecular complexity index is 641. The van der Waals surface area contributed by atoms with Gasteiger partial charge in [0.1, 0.15) is 11.5 Å². The van der Waals surface area contributed by atoms with Crippen LogP contribution in [-0.4, -0.2) is 11.1 Å². The number of hydrogen-bond donors (Lipinski definition) is 2. The first kappa shape index (κ1) is 14.1. The summed E-state index contributed by atoms with van der Waals surface area (Å²) in [4.78, 5) is 11.0. The first-order chi connectivity index (χ1) is 9.69. The molecule has 0 aliphatic heterocycles. The summed E-state index contributed by atoms with van der Waals surface area (Å²) in [5.41, 5.74) is 2.23. The van der Waals surface area contributed by atoms with E-state index in [0.29, 0.717) is 22.1 Å². The zero-order valence-corrected chi connectivity index (χ0v) is 11.2. The second-order valence-electron chi connectivity index (χ2n) is 3.91. The molecule has 20 heavy (non-hydrogen) atoms. The monoisotopic (exact) mass is 289 g/mol. The normalized spacial score (nSPS) is 10.5. The summed E-state index contributed by atoms with van der Waals surface area (Å²) >= 11 is 5.90. The van der Waals surface area contributed by atoms with Gasteiger partial charge >= 0.3 is 0 Å². The first-order valence-corrected chi connectivity index (χ1v) is 6.21. The number of nitrogens with one attached hydrogen (secondary N) is 1. The fraction of sp³-hybridized carbons (Fsp3) is 0. The van der Waals surface area contributed by atoms with Gasteiger partial charge in [-0.15, -0.1) is 0 Å². The van der Waals surface area contributed by atoms with Crippen molar-refractivity contribution in [2.45, 2.75) is 0 Å². The van der Waals surface area contributed by atoms with Gasteiger partial charge in [-0.1, -0.05) is 35.9 Å². The number of ether oxygens (including phenoxy) is 1. The molecule has 4 nitrogen and oxygen atoms in total. The topological polar surface area (TPSA) is 58.6 Å². The molecule has 0 heterocycles. The highest BCUT2D eigenvalue weighted by atomic mass is 35.5. The van der Waals surface area contributed by atoms with Gasteiger partial charge in [-0.2, -0.15) is 0 Å². The van der Waals surface area contributed by atoms with E-state index in [0.717, 1.165) is 0 Å². The third-order valence-corrected chi connectivity index (χ3v) is 2.70. The Morgan fingerprint density at radius 1 is 1.20 bits per heavy atom. The van der Waals surface area contributed by atoms with Crippen molar-refractivity contribution in [3.05, 3.63) is 65.2 Å². The van der Waals surface area contributed by atoms with Crippen LogP contribution in [-0.2, 0) is 4.79 Å². The molecule has 0 aliphatic carbocycles. The molecule has 0 unspecified atom stereocenters. The number of carbonyl (C=O) groups is 1. The fourth-order valence-electron chi connectivity index (χ4n) is 1.57. The molecule has 0 saturated heterocycles. The Morgan fingerprint density at radius 2 is 2.00 bits per heavy atom. The lowest BCUT2D eigenvalue weighted by molar-refractivity contribution is -0.124. The van der Waals surface area contributed by atoms with Crippen LogP contribution in [0, 0.1) is 0 Å². The Balaban J connectivity index is 2.24. The molecule has 2 rings (SSSR count). The molecule has 0 radical (unpaired) electrons. The zero-order chi connectivity index (χ0) is 14.4. The van der Waals surface area contributed by atoms with Crippen molar-refractivity contribution in [3.63, 3.8) is 0 Å². The number of amides is 1. The summed E-state index contributed by atoms with van der Waals surface area (Å²) in [5, 5.41) is 9.03. The van der Waals surface area contributed by atoms with Crippen LogP contribution in [0.25, 0.3) is 6.08 Å². The maximum absolute atomic E-state index is 11.0. The van der Waals surface area contributed by atoms with E-state index in [1.165, 1.54) is 11.6 Å². The largest absolute Gasteiger partial charge is 0.457 e. The van der Waals surface area contributed by atoms with Crippen LogP contribution >= 0.6 is 11.6 Å². The molecule has 2 aromatic carbocycles. The van der Waals surface area contributed by atoms with Crippen LogP contribution in [0.5, 0.6) is 11.5 Å². The van der Waals surface area contributed by atoms with Crippen molar-refractivity contribution in [3.8, 4) is 11.5 Å². The van der Waals surface area contributed by atoms with Gasteiger partial charge in [0.05, 0.1) is 0 Å². The lowest BCUT2D eigenvalue weighted by atomic mass is 10.2. The van der Waals surface area contributed by atoms with Crippen LogP contribution in [0.15, 0.2) is 54.6 Å². The minimum absolute atomic E-state index is 0.579. The van der Waals surface area contributed by atoms with Gasteiger partial charge in [0.25, 0.3) is 5.91 Å². The molecule has 2 N–H and O–H groups in total. The molecule has 0 bridgehead atoms. The summed E-state index contributed by atoms with van der Waals surface area (Å²) in [5.74, 6) is 0.573. The van der Waals surface area contributed by atoms with E-state index in [-0.39, 0.29) is 0 Å². The van der Waals surface area contributed by atoms with E-state index in [1.807, 2.05) is 12.1 Å². The highest BCUT2D eigenvalue weighted by molar-refractivity contribution is 6.30. The van der Waals surface area contributed by atoms with Crippen molar-refractivity contribution >= 4 is 23.6 Å². The Morgan fingerprint density at radius 3 is 2.75 bits per heavy atom. The molecule has 0 saturated carbocycles. The molecule has 0 spiro atoms. The minimum atomic E-state index is -0.609. The first-order valence-electron chi connectivity index (χ1n) is 5.83. The molecule has 102 valence electrons. The predicted octanol–water partition coefficient (Wildman–Crippen LogP) is 3.65. The van der Waals surface area contributed by atoms with Gasteiger partial charge in [-0.3, -0.25) is 10.0 Å². The molecule has 5 heteroatoms. The second kappa shape index (κ2) is 6.75. The summed E-state index contributed by atoms with van der Waals surface area (Å²) in [6.07, 6.45) is 2.76. The van der Waals surface area contributed by atoms with Crippen LogP contribution in [0.4, 0.5) is 0 Å². The Kier molecular flexibility index (Phi) is 4.76. The second-order valence-corrected chi connectivity index (χ2v) is 4.34. The van der Waals surface area contributed by atoms with E-state index in [4.69, 9.17) is 21.5 Å². The summed E-state index contributed by atoms with van der Waals surface area (Å²) in [7, 11) is 0. The Labute approximate surface area is 121 Å². The predicted molar refractivity (Wildman–Crippen MR) is 76.9 cm³/mol. The summed E-state index contributed by atoms with van der Waals surface area (Å²) in [6, 6.07) is 14.2. The minimum Gasteiger partial charge on any atom is -0.457 e. The van der Waals surface area contributed by atoms with E-state index in [1.54, 1.807) is 42.5 Å². The maximum Gasteiger partial charge on any atom is 0.267 e. The van der Waals surface area contributed by atoms with E-state index in [2.05, 4.69) is 0 Å². The summed E-state index contributed by atoms with van der Waals surface area (Å²) in [6.45, 7) is 0. The number of hydrogen-bond acceptors (Lipinski definition) is 3. The van der Waals surface area contributed by atoms with E-state index < -0.39 is 5.91 Å². The molecule has 0 aromatic heterocycles. The fourth-order valence-corrected chi connectivity index (χ4v) is 1.75. The quantitative estimate of drug-likeness (QED) is 0.513. The number of hydroxylamine groups is 1. The van der Waals surface area contributed by atoms with Gasteiger partial charge in [0, 0.05) is 16.7 Å². The summed E-state index contributed by atoms with van der Waals surface area (Å²) < 4.78 is 5.73. The number of rotatable bonds is 4. The third kappa shape index (κ3) is 3.85. The highest BCUT2D eigenvalue weighted by Gasteiger charge is 2.03. The lowest BCUT2D eigenvalue weighted by Gasteiger charge is -2.08. The van der Waals surface area contributed by atoms with Crippen LogP contribution in [0.1, 0.15) is 5.56 Å². The van der Waals surface area contributed by atoms with Gasteiger partial charge in [0.2, 0.25) is 0 Å². The van der Waals surface area contributed by atoms with Crippen LogP contribution in [0.2, 0.25) is 5.02 Å². The SMILES string of the molecule is O=C(C=Cc1ccccc1Oc1cccc(Cl)c1)NO. The highest BCUT2D eigenvalue weighted by Crippen LogP contribution is 2.27. The van der Waals surface area contributed by atoms with Crippen molar-refractivity contribution in [2.75, 3.05) is 0 Å². The maximum atomic E-state index is 11.0. The molecular weight excluding hydrogens is 278 g/mol. The standard InChI is InChI=1S/C15H12ClNO3/c16-12-5-3-6-13(10-12)20-14-7-2-1-4-11(14)8-9-15(18)17-19/h1-10,19H,(H,17,18). The van der Waals surface area contributed by atoms with Crippen molar-refractivity contribution in [1.29, 1.82) is 0 Å². The zero-order valence-electron chi connectivity index (χ0n) is 10.4. The molecular formula is C15H12ClNO3. The van der Waals surface area contributed by atoms with E-state index >= 15 is 0 Å². The van der Waals surface area contributed by atoms with Gasteiger partial charge in [0.15, 0.2) is 0 Å². The van der Waals surface area contributed by atoms with Gasteiger partial charge in [-0.25, -0.2) is 5.48 Å². The molecule has 0 atom stereocenters. The van der Waals surface area contributed by atoms with Crippen molar-refractivity contribution in [1.82, 2.24) is 5.48 Å². The van der Waals surface area contributed by atoms with Crippen molar-refractivity contribution in [2.24, 2.45) is 0 Å². The third-order valence-electron chi connectivity index (χ3n) is 2.47. The Hall–Kier alpha value is -2.30. The number of halogens is 1. The van der Waals surface area contributed by atoms with Crippen molar-refractivity contribution < 1.29 is 14.7 Å². The smallest absolute Gasteiger partial charge is 0.267 e. The lowest BCUT2D eigenvalue weighted by Crippen LogP contribution is -2.14.